The third-order valence-corrected chi connectivity index (χ3v) is 4.65. The fourth-order valence-electron chi connectivity index (χ4n) is 2.85. The van der Waals surface area contributed by atoms with E-state index in [2.05, 4.69) is 25.5 Å². The van der Waals surface area contributed by atoms with Crippen molar-refractivity contribution in [2.24, 2.45) is 12.8 Å². The quantitative estimate of drug-likeness (QED) is 0.926. The van der Waals surface area contributed by atoms with Crippen molar-refractivity contribution < 1.29 is 0 Å². The monoisotopic (exact) mass is 311 g/mol. The average Bonchev–Trinajstić information content (AvgIpc) is 2.89. The van der Waals surface area contributed by atoms with Crippen LogP contribution in [0.25, 0.3) is 5.78 Å². The van der Waals surface area contributed by atoms with Crippen molar-refractivity contribution in [3.05, 3.63) is 16.1 Å². The van der Waals surface area contributed by atoms with Gasteiger partial charge in [-0.2, -0.15) is 9.61 Å². The van der Waals surface area contributed by atoms with Gasteiger partial charge in [0.1, 0.15) is 10.4 Å². The first-order valence-corrected chi connectivity index (χ1v) is 7.31. The summed E-state index contributed by atoms with van der Waals surface area (Å²) in [6.07, 6.45) is 6.48. The SMILES string of the molecule is Cn1c(C2CCCCC2)nn2c(Br)c(CN)nc12. The van der Waals surface area contributed by atoms with Crippen molar-refractivity contribution in [1.29, 1.82) is 0 Å². The van der Waals surface area contributed by atoms with Crippen molar-refractivity contribution in [1.82, 2.24) is 19.2 Å². The predicted octanol–water partition coefficient (Wildman–Crippen LogP) is 2.34. The van der Waals surface area contributed by atoms with Crippen LogP contribution in [-0.2, 0) is 13.6 Å². The topological polar surface area (TPSA) is 61.1 Å². The zero-order valence-corrected chi connectivity index (χ0v) is 12.2. The first kappa shape index (κ1) is 12.2. The normalized spacial score (nSPS) is 17.7. The molecule has 0 atom stereocenters. The van der Waals surface area contributed by atoms with E-state index in [0.717, 1.165) is 21.9 Å². The van der Waals surface area contributed by atoms with Gasteiger partial charge in [0.05, 0.1) is 5.69 Å². The molecule has 0 saturated heterocycles. The van der Waals surface area contributed by atoms with Gasteiger partial charge in [0.15, 0.2) is 0 Å². The molecule has 0 bridgehead atoms. The van der Waals surface area contributed by atoms with Crippen molar-refractivity contribution in [3.8, 4) is 0 Å². The molecule has 1 aliphatic carbocycles. The number of aryl methyl sites for hydroxylation is 1. The van der Waals surface area contributed by atoms with E-state index in [1.54, 1.807) is 0 Å². The summed E-state index contributed by atoms with van der Waals surface area (Å²) in [5.41, 5.74) is 6.53. The minimum atomic E-state index is 0.433. The lowest BCUT2D eigenvalue weighted by atomic mass is 9.89. The van der Waals surface area contributed by atoms with Gasteiger partial charge in [-0.15, -0.1) is 0 Å². The highest BCUT2D eigenvalue weighted by molar-refractivity contribution is 9.10. The van der Waals surface area contributed by atoms with E-state index in [9.17, 15) is 0 Å². The minimum Gasteiger partial charge on any atom is -0.325 e. The van der Waals surface area contributed by atoms with Gasteiger partial charge in [0, 0.05) is 19.5 Å². The molecule has 2 aromatic rings. The van der Waals surface area contributed by atoms with E-state index in [0.29, 0.717) is 12.5 Å². The Morgan fingerprint density at radius 1 is 1.33 bits per heavy atom. The van der Waals surface area contributed by atoms with E-state index in [-0.39, 0.29) is 0 Å². The number of imidazole rings is 1. The molecule has 3 rings (SSSR count). The highest BCUT2D eigenvalue weighted by Gasteiger charge is 2.23. The maximum Gasteiger partial charge on any atom is 0.233 e. The van der Waals surface area contributed by atoms with Gasteiger partial charge in [0.25, 0.3) is 0 Å². The van der Waals surface area contributed by atoms with Crippen LogP contribution >= 0.6 is 15.9 Å². The molecule has 0 aliphatic heterocycles. The number of fused-ring (bicyclic) bond motifs is 1. The molecule has 1 fully saturated rings. The fourth-order valence-corrected chi connectivity index (χ4v) is 3.34. The smallest absolute Gasteiger partial charge is 0.233 e. The zero-order valence-electron chi connectivity index (χ0n) is 10.6. The van der Waals surface area contributed by atoms with Gasteiger partial charge in [-0.05, 0) is 28.8 Å². The second kappa shape index (κ2) is 4.66. The Labute approximate surface area is 114 Å². The van der Waals surface area contributed by atoms with Crippen LogP contribution in [0.15, 0.2) is 4.60 Å². The summed E-state index contributed by atoms with van der Waals surface area (Å²) >= 11 is 3.53. The number of rotatable bonds is 2. The van der Waals surface area contributed by atoms with Crippen molar-refractivity contribution >= 4 is 21.7 Å². The van der Waals surface area contributed by atoms with E-state index in [1.807, 2.05) is 11.6 Å². The van der Waals surface area contributed by atoms with Crippen LogP contribution in [0.1, 0.15) is 49.5 Å². The van der Waals surface area contributed by atoms with Crippen LogP contribution in [0.5, 0.6) is 0 Å². The highest BCUT2D eigenvalue weighted by Crippen LogP contribution is 2.32. The molecule has 0 spiro atoms. The van der Waals surface area contributed by atoms with Crippen molar-refractivity contribution in [2.75, 3.05) is 0 Å². The third kappa shape index (κ3) is 1.78. The second-order valence-corrected chi connectivity index (χ2v) is 5.77. The summed E-state index contributed by atoms with van der Waals surface area (Å²) in [4.78, 5) is 4.54. The molecular weight excluding hydrogens is 294 g/mol. The maximum absolute atomic E-state index is 5.66. The predicted molar refractivity (Wildman–Crippen MR) is 73.4 cm³/mol. The standard InChI is InChI=1S/C12H18BrN5/c1-17-11(8-5-3-2-4-6-8)16-18-10(13)9(7-14)15-12(17)18/h8H,2-7,14H2,1H3. The molecule has 2 N–H and O–H groups in total. The highest BCUT2D eigenvalue weighted by atomic mass is 79.9. The van der Waals surface area contributed by atoms with Gasteiger partial charge >= 0.3 is 0 Å². The molecule has 18 heavy (non-hydrogen) atoms. The van der Waals surface area contributed by atoms with E-state index in [4.69, 9.17) is 10.8 Å². The number of nitrogens with two attached hydrogens (primary N) is 1. The molecule has 2 aromatic heterocycles. The number of aromatic nitrogens is 4. The van der Waals surface area contributed by atoms with Crippen LogP contribution < -0.4 is 5.73 Å². The van der Waals surface area contributed by atoms with Gasteiger partial charge in [0.2, 0.25) is 5.78 Å². The Bertz CT molecular complexity index is 565. The number of hydrogen-bond acceptors (Lipinski definition) is 3. The molecule has 5 nitrogen and oxygen atoms in total. The molecule has 98 valence electrons. The molecule has 1 aliphatic rings. The molecule has 6 heteroatoms. The van der Waals surface area contributed by atoms with Crippen LogP contribution in [0.3, 0.4) is 0 Å². The van der Waals surface area contributed by atoms with Gasteiger partial charge in [-0.25, -0.2) is 4.98 Å². The summed E-state index contributed by atoms with van der Waals surface area (Å²) < 4.78 is 4.86. The third-order valence-electron chi connectivity index (χ3n) is 3.86. The van der Waals surface area contributed by atoms with Crippen LogP contribution in [0.2, 0.25) is 0 Å². The maximum atomic E-state index is 5.66. The fraction of sp³-hybridized carbons (Fsp3) is 0.667. The number of halogens is 1. The van der Waals surface area contributed by atoms with E-state index in [1.165, 1.54) is 32.1 Å². The Morgan fingerprint density at radius 3 is 2.67 bits per heavy atom. The number of hydrogen-bond donors (Lipinski definition) is 1. The lowest BCUT2D eigenvalue weighted by molar-refractivity contribution is 0.420. The average molecular weight is 312 g/mol. The summed E-state index contributed by atoms with van der Waals surface area (Å²) in [7, 11) is 2.05. The van der Waals surface area contributed by atoms with Crippen molar-refractivity contribution in [3.63, 3.8) is 0 Å². The molecule has 1 saturated carbocycles. The van der Waals surface area contributed by atoms with Crippen LogP contribution in [-0.4, -0.2) is 19.2 Å². The molecule has 0 aromatic carbocycles. The van der Waals surface area contributed by atoms with E-state index >= 15 is 0 Å². The molecule has 2 heterocycles. The second-order valence-electron chi connectivity index (χ2n) is 5.02. The summed E-state index contributed by atoms with van der Waals surface area (Å²) in [5, 5.41) is 4.72. The summed E-state index contributed by atoms with van der Waals surface area (Å²) in [6, 6.07) is 0. The number of nitrogens with zero attached hydrogens (tertiary/aromatic N) is 4. The first-order valence-electron chi connectivity index (χ1n) is 6.52. The molecule has 0 amide bonds. The van der Waals surface area contributed by atoms with Crippen LogP contribution in [0.4, 0.5) is 0 Å². The van der Waals surface area contributed by atoms with Gasteiger partial charge in [-0.3, -0.25) is 4.57 Å². The van der Waals surface area contributed by atoms with Crippen molar-refractivity contribution in [2.45, 2.75) is 44.6 Å². The van der Waals surface area contributed by atoms with Gasteiger partial charge < -0.3 is 5.73 Å². The summed E-state index contributed by atoms with van der Waals surface area (Å²) in [6.45, 7) is 0.433. The molecular formula is C12H18BrN5. The Kier molecular flexibility index (Phi) is 3.15. The molecule has 0 unspecified atom stereocenters. The lowest BCUT2D eigenvalue weighted by Gasteiger charge is -2.20. The minimum absolute atomic E-state index is 0.433. The Balaban J connectivity index is 2.06. The molecule has 0 radical (unpaired) electrons. The zero-order chi connectivity index (χ0) is 12.7. The Morgan fingerprint density at radius 2 is 2.06 bits per heavy atom. The lowest BCUT2D eigenvalue weighted by Crippen LogP contribution is -2.10. The Hall–Kier alpha value is -0.880. The summed E-state index contributed by atoms with van der Waals surface area (Å²) in [5.74, 6) is 2.61. The van der Waals surface area contributed by atoms with Crippen LogP contribution in [0, 0.1) is 0 Å². The largest absolute Gasteiger partial charge is 0.325 e. The van der Waals surface area contributed by atoms with E-state index < -0.39 is 0 Å². The van der Waals surface area contributed by atoms with Gasteiger partial charge in [-0.1, -0.05) is 19.3 Å². The first-order chi connectivity index (χ1) is 8.72.